The zero-order valence-corrected chi connectivity index (χ0v) is 30.8. The highest BCUT2D eigenvalue weighted by Crippen LogP contribution is 2.48. The summed E-state index contributed by atoms with van der Waals surface area (Å²) in [6, 6.07) is 15.2. The van der Waals surface area contributed by atoms with Gasteiger partial charge in [-0.1, -0.05) is 51.1 Å². The minimum Gasteiger partial charge on any atom is -0.366 e. The second-order valence-corrected chi connectivity index (χ2v) is 17.5. The lowest BCUT2D eigenvalue weighted by Crippen LogP contribution is -2.59. The van der Waals surface area contributed by atoms with Gasteiger partial charge >= 0.3 is 0 Å². The number of carbonyl (C=O) groups is 3. The minimum atomic E-state index is -0.547. The van der Waals surface area contributed by atoms with E-state index in [0.717, 1.165) is 30.8 Å². The summed E-state index contributed by atoms with van der Waals surface area (Å²) < 4.78 is 15.8. The largest absolute Gasteiger partial charge is 0.366 e. The molecule has 0 bridgehead atoms. The van der Waals surface area contributed by atoms with Crippen LogP contribution in [0.2, 0.25) is 0 Å². The van der Waals surface area contributed by atoms with Crippen LogP contribution >= 0.6 is 11.8 Å². The van der Waals surface area contributed by atoms with Crippen LogP contribution in [0.5, 0.6) is 0 Å². The third-order valence-electron chi connectivity index (χ3n) is 10.6. The summed E-state index contributed by atoms with van der Waals surface area (Å²) in [5, 5.41) is 2.28. The van der Waals surface area contributed by atoms with Crippen LogP contribution in [0, 0.1) is 11.2 Å². The van der Waals surface area contributed by atoms with Gasteiger partial charge in [0.05, 0.1) is 17.5 Å². The van der Waals surface area contributed by atoms with Crippen molar-refractivity contribution in [2.45, 2.75) is 89.1 Å². The van der Waals surface area contributed by atoms with E-state index in [1.807, 2.05) is 46.2 Å². The number of nitrogens with one attached hydrogen (secondary N) is 1. The van der Waals surface area contributed by atoms with Crippen molar-refractivity contribution in [1.29, 1.82) is 0 Å². The molecule has 2 atom stereocenters. The molecule has 4 aliphatic rings. The molecule has 4 aliphatic heterocycles. The predicted molar refractivity (Wildman–Crippen MR) is 195 cm³/mol. The number of hydrogen-bond acceptors (Lipinski definition) is 7. The predicted octanol–water partition coefficient (Wildman–Crippen LogP) is 5.47. The van der Waals surface area contributed by atoms with E-state index in [0.29, 0.717) is 57.8 Å². The van der Waals surface area contributed by atoms with Gasteiger partial charge in [0.2, 0.25) is 17.7 Å². The number of piperazine rings is 1. The lowest BCUT2D eigenvalue weighted by atomic mass is 9.92. The maximum absolute atomic E-state index is 15.8. The van der Waals surface area contributed by atoms with E-state index in [9.17, 15) is 14.4 Å². The number of halogens is 1. The summed E-state index contributed by atoms with van der Waals surface area (Å²) in [4.78, 5) is 51.0. The first-order chi connectivity index (χ1) is 23.1. The van der Waals surface area contributed by atoms with Gasteiger partial charge in [0.15, 0.2) is 0 Å². The zero-order valence-electron chi connectivity index (χ0n) is 30.0. The fraction of sp³-hybridized carbons (Fsp3) is 0.605. The lowest BCUT2D eigenvalue weighted by Gasteiger charge is -2.45. The molecular weight excluding hydrogens is 640 g/mol. The van der Waals surface area contributed by atoms with E-state index in [1.54, 1.807) is 6.07 Å². The Balaban J connectivity index is 1.18. The first-order valence-corrected chi connectivity index (χ1v) is 18.8. The van der Waals surface area contributed by atoms with E-state index >= 15 is 4.39 Å². The number of hydrogen-bond donors (Lipinski definition) is 1. The van der Waals surface area contributed by atoms with Gasteiger partial charge in [-0.3, -0.25) is 19.3 Å². The molecule has 49 heavy (non-hydrogen) atoms. The first kappa shape index (κ1) is 35.5. The van der Waals surface area contributed by atoms with Gasteiger partial charge in [-0.2, -0.15) is 0 Å². The molecule has 1 N–H and O–H groups in total. The van der Waals surface area contributed by atoms with E-state index < -0.39 is 10.9 Å². The molecular formula is C38H53FN6O3S. The summed E-state index contributed by atoms with van der Waals surface area (Å²) in [5.41, 5.74) is 1.91. The van der Waals surface area contributed by atoms with Crippen LogP contribution in [-0.2, 0) is 14.4 Å². The number of nitrogens with zero attached hydrogens (tertiary/aromatic N) is 5. The number of carbonyl (C=O) groups excluding carboxylic acids is 3. The Hall–Kier alpha value is -3.31. The van der Waals surface area contributed by atoms with Crippen molar-refractivity contribution in [2.24, 2.45) is 5.41 Å². The highest BCUT2D eigenvalue weighted by molar-refractivity contribution is 8.01. The average molecular weight is 693 g/mol. The van der Waals surface area contributed by atoms with Crippen molar-refractivity contribution in [3.8, 4) is 0 Å². The number of amides is 3. The normalized spacial score (nSPS) is 23.5. The monoisotopic (exact) mass is 692 g/mol. The summed E-state index contributed by atoms with van der Waals surface area (Å²) in [6.45, 7) is 18.0. The first-order valence-electron chi connectivity index (χ1n) is 17.8. The number of rotatable bonds is 7. The number of likely N-dealkylation sites (tertiary alicyclic amines) is 1. The molecule has 0 aromatic heterocycles. The van der Waals surface area contributed by atoms with Crippen molar-refractivity contribution in [2.75, 3.05) is 62.2 Å². The standard InChI is InChI=1S/C38H53FN6O3S/c1-36(2,3)15-20-44-34(48)30(49-35(44)28-13-10-14-29(39)33(28)42-21-23-43(24-22-42)37(4,5)6)25-32(47)41-18-16-38(17-19-41)40-31(46)26-45(38)27-11-8-7-9-12-27/h7-14,30,35H,15-26H2,1-6H3,(H,40,46)/t30-,35?/m0/s1. The van der Waals surface area contributed by atoms with Crippen LogP contribution in [0.1, 0.15) is 78.2 Å². The second-order valence-electron chi connectivity index (χ2n) is 16.2. The Labute approximate surface area is 295 Å². The quantitative estimate of drug-likeness (QED) is 0.413. The van der Waals surface area contributed by atoms with Crippen LogP contribution in [0.4, 0.5) is 15.8 Å². The number of para-hydroxylation sites is 2. The molecule has 0 radical (unpaired) electrons. The fourth-order valence-corrected chi connectivity index (χ4v) is 9.22. The van der Waals surface area contributed by atoms with Crippen LogP contribution < -0.4 is 15.1 Å². The Kier molecular flexibility index (Phi) is 9.98. The fourth-order valence-electron chi connectivity index (χ4n) is 7.73. The number of anilines is 2. The number of thioether (sulfide) groups is 1. The van der Waals surface area contributed by atoms with Crippen molar-refractivity contribution in [3.63, 3.8) is 0 Å². The molecule has 4 heterocycles. The van der Waals surface area contributed by atoms with Gasteiger partial charge in [-0.25, -0.2) is 4.39 Å². The average Bonchev–Trinajstić information content (AvgIpc) is 3.54. The molecule has 2 aromatic rings. The smallest absolute Gasteiger partial charge is 0.241 e. The SMILES string of the molecule is CC(C)(C)CCN1C(=O)[C@H](CC(=O)N2CCC3(CC2)NC(=O)CN3c2ccccc2)SC1c1cccc(F)c1N1CCN(C(C)(C)C)CC1. The van der Waals surface area contributed by atoms with Crippen LogP contribution in [-0.4, -0.2) is 101 Å². The van der Waals surface area contributed by atoms with Crippen LogP contribution in [0.3, 0.4) is 0 Å². The maximum Gasteiger partial charge on any atom is 0.241 e. The van der Waals surface area contributed by atoms with E-state index in [4.69, 9.17) is 0 Å². The Bertz CT molecular complexity index is 1530. The summed E-state index contributed by atoms with van der Waals surface area (Å²) in [5.74, 6) is -0.376. The van der Waals surface area contributed by atoms with E-state index in [2.05, 4.69) is 61.6 Å². The molecule has 0 saturated carbocycles. The molecule has 1 spiro atoms. The topological polar surface area (TPSA) is 79.4 Å². The molecule has 2 aromatic carbocycles. The molecule has 4 saturated heterocycles. The molecule has 1 unspecified atom stereocenters. The maximum atomic E-state index is 15.8. The molecule has 6 rings (SSSR count). The zero-order chi connectivity index (χ0) is 35.1. The Morgan fingerprint density at radius 1 is 0.918 bits per heavy atom. The molecule has 4 fully saturated rings. The van der Waals surface area contributed by atoms with Gasteiger partial charge in [0.1, 0.15) is 16.9 Å². The van der Waals surface area contributed by atoms with Crippen molar-refractivity contribution in [1.82, 2.24) is 20.0 Å². The number of benzene rings is 2. The summed E-state index contributed by atoms with van der Waals surface area (Å²) in [7, 11) is 0. The molecule has 3 amide bonds. The summed E-state index contributed by atoms with van der Waals surface area (Å²) in [6.07, 6.45) is 2.12. The highest BCUT2D eigenvalue weighted by Gasteiger charge is 2.49. The van der Waals surface area contributed by atoms with Gasteiger partial charge in [0, 0.05) is 81.9 Å². The summed E-state index contributed by atoms with van der Waals surface area (Å²) >= 11 is 1.49. The number of piperidine rings is 1. The Morgan fingerprint density at radius 2 is 1.59 bits per heavy atom. The van der Waals surface area contributed by atoms with E-state index in [-0.39, 0.29) is 46.3 Å². The van der Waals surface area contributed by atoms with Gasteiger partial charge in [-0.05, 0) is 50.8 Å². The second kappa shape index (κ2) is 13.8. The van der Waals surface area contributed by atoms with E-state index in [1.165, 1.54) is 17.8 Å². The van der Waals surface area contributed by atoms with Crippen molar-refractivity contribution >= 4 is 40.9 Å². The van der Waals surface area contributed by atoms with Crippen LogP contribution in [0.15, 0.2) is 48.5 Å². The van der Waals surface area contributed by atoms with Gasteiger partial charge < -0.3 is 24.9 Å². The molecule has 0 aliphatic carbocycles. The minimum absolute atomic E-state index is 0.00447. The lowest BCUT2D eigenvalue weighted by molar-refractivity contribution is -0.137. The molecule has 11 heteroatoms. The van der Waals surface area contributed by atoms with Crippen LogP contribution in [0.25, 0.3) is 0 Å². The van der Waals surface area contributed by atoms with Gasteiger partial charge in [0.25, 0.3) is 0 Å². The molecule has 9 nitrogen and oxygen atoms in total. The van der Waals surface area contributed by atoms with Gasteiger partial charge in [-0.15, -0.1) is 11.8 Å². The Morgan fingerprint density at radius 3 is 2.22 bits per heavy atom. The van der Waals surface area contributed by atoms with Crippen molar-refractivity contribution in [3.05, 3.63) is 59.9 Å². The van der Waals surface area contributed by atoms with Crippen molar-refractivity contribution < 1.29 is 18.8 Å². The third-order valence-corrected chi connectivity index (χ3v) is 12.1. The highest BCUT2D eigenvalue weighted by atomic mass is 32.2. The third kappa shape index (κ3) is 7.58. The molecule has 266 valence electrons.